The largest absolute Gasteiger partial charge is 0.477 e. The number of nitrogens with one attached hydrogen (secondary N) is 1. The summed E-state index contributed by atoms with van der Waals surface area (Å²) in [5, 5.41) is 13.8. The predicted molar refractivity (Wildman–Crippen MR) is 86.4 cm³/mol. The van der Waals surface area contributed by atoms with E-state index in [0.29, 0.717) is 10.7 Å². The van der Waals surface area contributed by atoms with Gasteiger partial charge in [-0.2, -0.15) is 0 Å². The van der Waals surface area contributed by atoms with Crippen molar-refractivity contribution >= 4 is 44.8 Å². The Labute approximate surface area is 139 Å². The van der Waals surface area contributed by atoms with Gasteiger partial charge in [0.05, 0.1) is 15.6 Å². The van der Waals surface area contributed by atoms with Crippen molar-refractivity contribution in [3.63, 3.8) is 0 Å². The molecule has 0 radical (unpaired) electrons. The monoisotopic (exact) mass is 384 g/mol. The molecule has 1 amide bonds. The van der Waals surface area contributed by atoms with E-state index in [1.165, 1.54) is 18.2 Å². The molecule has 0 saturated heterocycles. The van der Waals surface area contributed by atoms with E-state index in [9.17, 15) is 14.9 Å². The average molecular weight is 386 g/mol. The lowest BCUT2D eigenvalue weighted by Gasteiger charge is -2.09. The SMILES string of the molecule is O=C(COc1ccccc1[N+](=O)[O-])Nc1ccc(Br)cc1Cl. The van der Waals surface area contributed by atoms with Crippen LogP contribution in [0.1, 0.15) is 0 Å². The van der Waals surface area contributed by atoms with Crippen LogP contribution in [0.25, 0.3) is 0 Å². The number of ether oxygens (including phenoxy) is 1. The Hall–Kier alpha value is -2.12. The molecular weight excluding hydrogens is 376 g/mol. The molecule has 0 aliphatic heterocycles. The standard InChI is InChI=1S/C14H10BrClN2O4/c15-9-5-6-11(10(16)7-9)17-14(19)8-22-13-4-2-1-3-12(13)18(20)21/h1-7H,8H2,(H,17,19). The third-order valence-electron chi connectivity index (χ3n) is 2.63. The van der Waals surface area contributed by atoms with Gasteiger partial charge in [0.1, 0.15) is 0 Å². The lowest BCUT2D eigenvalue weighted by atomic mass is 10.3. The van der Waals surface area contributed by atoms with Gasteiger partial charge in [-0.1, -0.05) is 39.7 Å². The number of hydrogen-bond donors (Lipinski definition) is 1. The van der Waals surface area contributed by atoms with Gasteiger partial charge in [0.25, 0.3) is 5.91 Å². The Kier molecular flexibility index (Phi) is 5.35. The van der Waals surface area contributed by atoms with Gasteiger partial charge >= 0.3 is 5.69 Å². The quantitative estimate of drug-likeness (QED) is 0.622. The molecule has 0 atom stereocenters. The number of carbonyl (C=O) groups excluding carboxylic acids is 1. The molecule has 0 fully saturated rings. The Bertz CT molecular complexity index is 724. The third kappa shape index (κ3) is 4.19. The summed E-state index contributed by atoms with van der Waals surface area (Å²) in [6.45, 7) is -0.364. The highest BCUT2D eigenvalue weighted by Crippen LogP contribution is 2.27. The smallest absolute Gasteiger partial charge is 0.310 e. The van der Waals surface area contributed by atoms with Crippen molar-refractivity contribution in [2.24, 2.45) is 0 Å². The fourth-order valence-corrected chi connectivity index (χ4v) is 2.37. The summed E-state index contributed by atoms with van der Waals surface area (Å²) < 4.78 is 5.97. The van der Waals surface area contributed by atoms with Gasteiger partial charge in [0.2, 0.25) is 0 Å². The summed E-state index contributed by atoms with van der Waals surface area (Å²) >= 11 is 9.24. The van der Waals surface area contributed by atoms with Crippen molar-refractivity contribution in [2.75, 3.05) is 11.9 Å². The van der Waals surface area contributed by atoms with E-state index in [4.69, 9.17) is 16.3 Å². The lowest BCUT2D eigenvalue weighted by Crippen LogP contribution is -2.20. The van der Waals surface area contributed by atoms with Gasteiger partial charge in [-0.25, -0.2) is 0 Å². The molecule has 0 unspecified atom stereocenters. The highest BCUT2D eigenvalue weighted by Gasteiger charge is 2.15. The highest BCUT2D eigenvalue weighted by molar-refractivity contribution is 9.10. The highest BCUT2D eigenvalue weighted by atomic mass is 79.9. The molecule has 0 aliphatic carbocycles. The van der Waals surface area contributed by atoms with E-state index in [1.54, 1.807) is 24.3 Å². The maximum Gasteiger partial charge on any atom is 0.310 e. The van der Waals surface area contributed by atoms with E-state index >= 15 is 0 Å². The van der Waals surface area contributed by atoms with Gasteiger partial charge in [-0.3, -0.25) is 14.9 Å². The second-order valence-electron chi connectivity index (χ2n) is 4.19. The fraction of sp³-hybridized carbons (Fsp3) is 0.0714. The van der Waals surface area contributed by atoms with Crippen LogP contribution in [-0.2, 0) is 4.79 Å². The van der Waals surface area contributed by atoms with E-state index in [-0.39, 0.29) is 18.0 Å². The Morgan fingerprint density at radius 2 is 2.05 bits per heavy atom. The molecule has 2 aromatic carbocycles. The van der Waals surface area contributed by atoms with Crippen LogP contribution in [0.15, 0.2) is 46.9 Å². The molecule has 0 spiro atoms. The van der Waals surface area contributed by atoms with Crippen LogP contribution >= 0.6 is 27.5 Å². The molecule has 22 heavy (non-hydrogen) atoms. The first-order valence-electron chi connectivity index (χ1n) is 6.08. The van der Waals surface area contributed by atoms with E-state index in [1.807, 2.05) is 0 Å². The normalized spacial score (nSPS) is 10.1. The first-order valence-corrected chi connectivity index (χ1v) is 7.25. The van der Waals surface area contributed by atoms with Gasteiger partial charge in [0.15, 0.2) is 12.4 Å². The summed E-state index contributed by atoms with van der Waals surface area (Å²) in [6.07, 6.45) is 0. The maximum atomic E-state index is 11.8. The number of anilines is 1. The number of halogens is 2. The van der Waals surface area contributed by atoms with E-state index in [2.05, 4.69) is 21.2 Å². The molecule has 0 saturated carbocycles. The van der Waals surface area contributed by atoms with Crippen molar-refractivity contribution in [1.82, 2.24) is 0 Å². The van der Waals surface area contributed by atoms with Gasteiger partial charge in [-0.15, -0.1) is 0 Å². The number of nitro groups is 1. The Balaban J connectivity index is 2.00. The zero-order valence-corrected chi connectivity index (χ0v) is 13.4. The molecule has 114 valence electrons. The average Bonchev–Trinajstić information content (AvgIpc) is 2.48. The van der Waals surface area contributed by atoms with Gasteiger partial charge in [0, 0.05) is 10.5 Å². The van der Waals surface area contributed by atoms with Crippen LogP contribution in [0, 0.1) is 10.1 Å². The Morgan fingerprint density at radius 1 is 1.32 bits per heavy atom. The third-order valence-corrected chi connectivity index (χ3v) is 3.43. The summed E-state index contributed by atoms with van der Waals surface area (Å²) in [4.78, 5) is 22.1. The minimum atomic E-state index is -0.571. The molecule has 2 rings (SSSR count). The minimum Gasteiger partial charge on any atom is -0.477 e. The molecule has 0 aromatic heterocycles. The van der Waals surface area contributed by atoms with Crippen LogP contribution in [-0.4, -0.2) is 17.4 Å². The molecule has 6 nitrogen and oxygen atoms in total. The Morgan fingerprint density at radius 3 is 2.73 bits per heavy atom. The minimum absolute atomic E-state index is 0.0320. The first kappa shape index (κ1) is 16.3. The molecule has 2 aromatic rings. The lowest BCUT2D eigenvalue weighted by molar-refractivity contribution is -0.385. The number of carbonyl (C=O) groups is 1. The van der Waals surface area contributed by atoms with Crippen LogP contribution in [0.3, 0.4) is 0 Å². The van der Waals surface area contributed by atoms with Crippen LogP contribution < -0.4 is 10.1 Å². The molecule has 0 heterocycles. The maximum absolute atomic E-state index is 11.8. The van der Waals surface area contributed by atoms with Crippen molar-refractivity contribution in [3.05, 3.63) is 62.1 Å². The topological polar surface area (TPSA) is 81.5 Å². The number of amides is 1. The summed E-state index contributed by atoms with van der Waals surface area (Å²) in [5.41, 5.74) is 0.234. The van der Waals surface area contributed by atoms with Crippen molar-refractivity contribution < 1.29 is 14.5 Å². The van der Waals surface area contributed by atoms with Crippen molar-refractivity contribution in [3.8, 4) is 5.75 Å². The van der Waals surface area contributed by atoms with Gasteiger partial charge in [-0.05, 0) is 24.3 Å². The van der Waals surface area contributed by atoms with Crippen molar-refractivity contribution in [2.45, 2.75) is 0 Å². The van der Waals surface area contributed by atoms with E-state index in [0.717, 1.165) is 4.47 Å². The van der Waals surface area contributed by atoms with E-state index < -0.39 is 10.8 Å². The first-order chi connectivity index (χ1) is 10.5. The number of hydrogen-bond acceptors (Lipinski definition) is 4. The zero-order valence-electron chi connectivity index (χ0n) is 11.1. The number of rotatable bonds is 5. The number of para-hydroxylation sites is 2. The molecule has 8 heteroatoms. The number of nitro benzene ring substituents is 1. The summed E-state index contributed by atoms with van der Waals surface area (Å²) in [6, 6.07) is 10.8. The molecule has 0 aliphatic rings. The molecule has 0 bridgehead atoms. The molecular formula is C14H10BrClN2O4. The van der Waals surface area contributed by atoms with Gasteiger partial charge < -0.3 is 10.1 Å². The number of benzene rings is 2. The van der Waals surface area contributed by atoms with Crippen LogP contribution in [0.5, 0.6) is 5.75 Å². The second-order valence-corrected chi connectivity index (χ2v) is 5.51. The predicted octanol–water partition coefficient (Wildman–Crippen LogP) is 4.03. The summed E-state index contributed by atoms with van der Waals surface area (Å²) in [7, 11) is 0. The van der Waals surface area contributed by atoms with Crippen LogP contribution in [0.2, 0.25) is 5.02 Å². The van der Waals surface area contributed by atoms with Crippen molar-refractivity contribution in [1.29, 1.82) is 0 Å². The zero-order chi connectivity index (χ0) is 16.1. The van der Waals surface area contributed by atoms with Crippen LogP contribution in [0.4, 0.5) is 11.4 Å². The fourth-order valence-electron chi connectivity index (χ4n) is 1.65. The molecule has 1 N–H and O–H groups in total. The number of nitrogens with zero attached hydrogens (tertiary/aromatic N) is 1. The summed E-state index contributed by atoms with van der Waals surface area (Å²) in [5.74, 6) is -0.438. The second kappa shape index (κ2) is 7.24.